The molecule has 3 aromatic rings. The van der Waals surface area contributed by atoms with Crippen molar-refractivity contribution < 1.29 is 14.3 Å². The van der Waals surface area contributed by atoms with Crippen molar-refractivity contribution in [2.45, 2.75) is 20.5 Å². The van der Waals surface area contributed by atoms with E-state index in [2.05, 4.69) is 15.2 Å². The van der Waals surface area contributed by atoms with Gasteiger partial charge in [-0.1, -0.05) is 23.7 Å². The third kappa shape index (κ3) is 4.28. The van der Waals surface area contributed by atoms with E-state index >= 15 is 0 Å². The molecule has 0 saturated carbocycles. The van der Waals surface area contributed by atoms with E-state index < -0.39 is 6.09 Å². The number of anilines is 1. The molecule has 1 heterocycles. The van der Waals surface area contributed by atoms with Crippen molar-refractivity contribution in [2.24, 2.45) is 7.05 Å². The molecule has 6 nitrogen and oxygen atoms in total. The van der Waals surface area contributed by atoms with Crippen LogP contribution in [0.1, 0.15) is 16.7 Å². The fourth-order valence-electron chi connectivity index (χ4n) is 2.88. The van der Waals surface area contributed by atoms with E-state index in [9.17, 15) is 4.79 Å². The summed E-state index contributed by atoms with van der Waals surface area (Å²) in [6.07, 6.45) is -0.513. The van der Waals surface area contributed by atoms with E-state index in [-0.39, 0.29) is 0 Å². The molecule has 0 unspecified atom stereocenters. The Morgan fingerprint density at radius 1 is 1.18 bits per heavy atom. The van der Waals surface area contributed by atoms with Gasteiger partial charge in [0, 0.05) is 24.2 Å². The molecule has 0 bridgehead atoms. The molecule has 0 aliphatic carbocycles. The Balaban J connectivity index is 1.79. The third-order valence-electron chi connectivity index (χ3n) is 4.50. The normalized spacial score (nSPS) is 10.6. The number of nitrogens with one attached hydrogen (secondary N) is 1. The summed E-state index contributed by atoms with van der Waals surface area (Å²) < 4.78 is 12.4. The monoisotopic (exact) mass is 399 g/mol. The lowest BCUT2D eigenvalue weighted by atomic mass is 10.1. The molecule has 0 aliphatic heterocycles. The van der Waals surface area contributed by atoms with Gasteiger partial charge in [-0.3, -0.25) is 10.00 Å². The Morgan fingerprint density at radius 3 is 2.61 bits per heavy atom. The molecule has 1 aromatic heterocycles. The number of nitrogens with zero attached hydrogens (tertiary/aromatic N) is 2. The van der Waals surface area contributed by atoms with Crippen molar-refractivity contribution >= 4 is 23.4 Å². The van der Waals surface area contributed by atoms with Crippen LogP contribution in [0.4, 0.5) is 10.5 Å². The van der Waals surface area contributed by atoms with Crippen LogP contribution in [0.25, 0.3) is 11.3 Å². The molecule has 0 aliphatic rings. The van der Waals surface area contributed by atoms with E-state index in [4.69, 9.17) is 16.3 Å². The Labute approximate surface area is 169 Å². The third-order valence-corrected chi connectivity index (χ3v) is 4.85. The number of rotatable bonds is 5. The van der Waals surface area contributed by atoms with Gasteiger partial charge in [0.25, 0.3) is 0 Å². The zero-order chi connectivity index (χ0) is 20.3. The van der Waals surface area contributed by atoms with E-state index in [0.29, 0.717) is 17.4 Å². The largest absolute Gasteiger partial charge is 0.489 e. The number of hydrogen-bond donors (Lipinski definition) is 1. The Hall–Kier alpha value is -2.99. The molecule has 1 amide bonds. The second-order valence-corrected chi connectivity index (χ2v) is 6.85. The maximum atomic E-state index is 11.6. The van der Waals surface area contributed by atoms with E-state index in [1.165, 1.54) is 7.11 Å². The second kappa shape index (κ2) is 8.35. The summed E-state index contributed by atoms with van der Waals surface area (Å²) in [5, 5.41) is 7.70. The molecule has 3 rings (SSSR count). The first-order chi connectivity index (χ1) is 13.4. The van der Waals surface area contributed by atoms with Crippen molar-refractivity contribution in [3.05, 3.63) is 64.3 Å². The quantitative estimate of drug-likeness (QED) is 0.647. The van der Waals surface area contributed by atoms with Crippen LogP contribution in [0.2, 0.25) is 5.15 Å². The van der Waals surface area contributed by atoms with E-state index in [0.717, 1.165) is 33.7 Å². The van der Waals surface area contributed by atoms with Crippen LogP contribution in [-0.2, 0) is 18.4 Å². The minimum Gasteiger partial charge on any atom is -0.489 e. The summed E-state index contributed by atoms with van der Waals surface area (Å²) in [7, 11) is 3.14. The first kappa shape index (κ1) is 19.8. The van der Waals surface area contributed by atoms with Gasteiger partial charge in [0.15, 0.2) is 0 Å². The molecule has 0 atom stereocenters. The van der Waals surface area contributed by atoms with Gasteiger partial charge in [0.1, 0.15) is 17.5 Å². The zero-order valence-electron chi connectivity index (χ0n) is 16.2. The van der Waals surface area contributed by atoms with Crippen LogP contribution >= 0.6 is 11.6 Å². The minimum absolute atomic E-state index is 0.321. The Bertz CT molecular complexity index is 995. The molecule has 7 heteroatoms. The molecular weight excluding hydrogens is 378 g/mol. The number of amides is 1. The molecule has 0 fully saturated rings. The van der Waals surface area contributed by atoms with Gasteiger partial charge >= 0.3 is 6.09 Å². The number of benzene rings is 2. The molecule has 28 heavy (non-hydrogen) atoms. The maximum absolute atomic E-state index is 11.6. The smallest absolute Gasteiger partial charge is 0.411 e. The van der Waals surface area contributed by atoms with Gasteiger partial charge in [0.2, 0.25) is 0 Å². The van der Waals surface area contributed by atoms with Crippen LogP contribution in [0.5, 0.6) is 5.75 Å². The van der Waals surface area contributed by atoms with Crippen molar-refractivity contribution in [1.29, 1.82) is 0 Å². The summed E-state index contributed by atoms with van der Waals surface area (Å²) in [5.74, 6) is 0.762. The van der Waals surface area contributed by atoms with Crippen molar-refractivity contribution in [3.63, 3.8) is 0 Å². The van der Waals surface area contributed by atoms with Crippen molar-refractivity contribution in [1.82, 2.24) is 9.78 Å². The average Bonchev–Trinajstić information content (AvgIpc) is 3.00. The molecule has 0 radical (unpaired) electrons. The topological polar surface area (TPSA) is 65.4 Å². The predicted molar refractivity (Wildman–Crippen MR) is 110 cm³/mol. The summed E-state index contributed by atoms with van der Waals surface area (Å²) in [5.41, 5.74) is 5.35. The van der Waals surface area contributed by atoms with Crippen LogP contribution in [-0.4, -0.2) is 23.0 Å². The SMILES string of the molecule is COC(=O)Nc1cccc(C)c1COc1ccc(-c2cc(Cl)n(C)n2)cc1C. The highest BCUT2D eigenvalue weighted by Crippen LogP contribution is 2.29. The number of aryl methyl sites for hydroxylation is 3. The lowest BCUT2D eigenvalue weighted by Crippen LogP contribution is -2.14. The summed E-state index contributed by atoms with van der Waals surface area (Å²) in [6, 6.07) is 13.4. The average molecular weight is 400 g/mol. The van der Waals surface area contributed by atoms with Crippen LogP contribution < -0.4 is 10.1 Å². The van der Waals surface area contributed by atoms with Crippen molar-refractivity contribution in [3.8, 4) is 17.0 Å². The van der Waals surface area contributed by atoms with Crippen LogP contribution in [0, 0.1) is 13.8 Å². The van der Waals surface area contributed by atoms with Gasteiger partial charge in [-0.15, -0.1) is 0 Å². The first-order valence-corrected chi connectivity index (χ1v) is 9.13. The second-order valence-electron chi connectivity index (χ2n) is 6.46. The van der Waals surface area contributed by atoms with Crippen LogP contribution in [0.15, 0.2) is 42.5 Å². The highest BCUT2D eigenvalue weighted by molar-refractivity contribution is 6.29. The minimum atomic E-state index is -0.513. The first-order valence-electron chi connectivity index (χ1n) is 8.76. The van der Waals surface area contributed by atoms with E-state index in [1.807, 2.05) is 56.3 Å². The fourth-order valence-corrected chi connectivity index (χ4v) is 3.02. The number of aromatic nitrogens is 2. The number of hydrogen-bond acceptors (Lipinski definition) is 4. The fraction of sp³-hybridized carbons (Fsp3) is 0.238. The Morgan fingerprint density at radius 2 is 1.96 bits per heavy atom. The van der Waals surface area contributed by atoms with Crippen molar-refractivity contribution in [2.75, 3.05) is 12.4 Å². The van der Waals surface area contributed by atoms with Gasteiger partial charge in [-0.05, 0) is 49.2 Å². The molecule has 0 saturated heterocycles. The number of halogens is 1. The summed E-state index contributed by atoms with van der Waals surface area (Å²) >= 11 is 6.08. The molecular formula is C21H22ClN3O3. The van der Waals surface area contributed by atoms with E-state index in [1.54, 1.807) is 11.7 Å². The molecule has 0 spiro atoms. The molecule has 146 valence electrons. The number of carbonyl (C=O) groups is 1. The predicted octanol–water partition coefficient (Wildman–Crippen LogP) is 5.11. The van der Waals surface area contributed by atoms with Gasteiger partial charge in [0.05, 0.1) is 18.5 Å². The van der Waals surface area contributed by atoms with Gasteiger partial charge in [-0.25, -0.2) is 4.79 Å². The number of carbonyl (C=O) groups excluding carboxylic acids is 1. The lowest BCUT2D eigenvalue weighted by molar-refractivity contribution is 0.187. The highest BCUT2D eigenvalue weighted by Gasteiger charge is 2.12. The number of methoxy groups -OCH3 is 1. The lowest BCUT2D eigenvalue weighted by Gasteiger charge is -2.15. The zero-order valence-corrected chi connectivity index (χ0v) is 17.0. The molecule has 1 N–H and O–H groups in total. The van der Waals surface area contributed by atoms with Gasteiger partial charge < -0.3 is 9.47 Å². The maximum Gasteiger partial charge on any atom is 0.411 e. The molecule has 2 aromatic carbocycles. The number of ether oxygens (including phenoxy) is 2. The van der Waals surface area contributed by atoms with Gasteiger partial charge in [-0.2, -0.15) is 5.10 Å². The summed E-state index contributed by atoms with van der Waals surface area (Å²) in [6.45, 7) is 4.28. The summed E-state index contributed by atoms with van der Waals surface area (Å²) in [4.78, 5) is 11.6. The Kier molecular flexibility index (Phi) is 5.90. The standard InChI is InChI=1S/C21H22ClN3O3/c1-13-6-5-7-17(23-21(26)27-4)16(13)12-28-19-9-8-15(10-14(19)2)18-11-20(22)25(3)24-18/h5-11H,12H2,1-4H3,(H,23,26). The van der Waals surface area contributed by atoms with Crippen LogP contribution in [0.3, 0.4) is 0 Å². The highest BCUT2D eigenvalue weighted by atomic mass is 35.5.